The van der Waals surface area contributed by atoms with E-state index in [1.807, 2.05) is 0 Å². The molecule has 0 aliphatic carbocycles. The van der Waals surface area contributed by atoms with Crippen molar-refractivity contribution >= 4 is 11.6 Å². The number of nitrogen functional groups attached to an aromatic ring is 1. The minimum Gasteiger partial charge on any atom is -0.386 e. The molecule has 1 unspecified atom stereocenters. The van der Waals surface area contributed by atoms with Crippen molar-refractivity contribution < 1.29 is 14.6 Å². The van der Waals surface area contributed by atoms with Gasteiger partial charge in [-0.2, -0.15) is 0 Å². The number of anilines is 2. The second kappa shape index (κ2) is 5.47. The van der Waals surface area contributed by atoms with E-state index < -0.39 is 5.60 Å². The van der Waals surface area contributed by atoms with E-state index in [9.17, 15) is 5.11 Å². The molecule has 1 aromatic rings. The summed E-state index contributed by atoms with van der Waals surface area (Å²) in [6.07, 6.45) is 0.617. The maximum absolute atomic E-state index is 10.1. The first-order valence-corrected chi connectivity index (χ1v) is 5.78. The van der Waals surface area contributed by atoms with Crippen LogP contribution >= 0.6 is 0 Å². The van der Waals surface area contributed by atoms with Gasteiger partial charge >= 0.3 is 0 Å². The van der Waals surface area contributed by atoms with Gasteiger partial charge in [-0.1, -0.05) is 0 Å². The Balaban J connectivity index is 2.00. The van der Waals surface area contributed by atoms with Crippen LogP contribution in [0.5, 0.6) is 0 Å². The first-order valence-electron chi connectivity index (χ1n) is 5.78. The van der Waals surface area contributed by atoms with Crippen molar-refractivity contribution in [2.45, 2.75) is 18.6 Å². The molecule has 100 valence electrons. The number of nitrogens with one attached hydrogen (secondary N) is 1. The van der Waals surface area contributed by atoms with Crippen LogP contribution in [-0.4, -0.2) is 47.5 Å². The molecule has 1 saturated heterocycles. The van der Waals surface area contributed by atoms with Gasteiger partial charge in [0.15, 0.2) is 5.82 Å². The zero-order valence-electron chi connectivity index (χ0n) is 10.3. The van der Waals surface area contributed by atoms with E-state index in [1.54, 1.807) is 13.2 Å². The van der Waals surface area contributed by atoms with Gasteiger partial charge in [0, 0.05) is 32.7 Å². The molecule has 4 N–H and O–H groups in total. The van der Waals surface area contributed by atoms with Crippen molar-refractivity contribution in [2.75, 3.05) is 37.9 Å². The van der Waals surface area contributed by atoms with Crippen LogP contribution in [-0.2, 0) is 16.1 Å². The molecule has 0 aromatic carbocycles. The fourth-order valence-electron chi connectivity index (χ4n) is 1.79. The van der Waals surface area contributed by atoms with Crippen molar-refractivity contribution in [2.24, 2.45) is 0 Å². The van der Waals surface area contributed by atoms with E-state index in [4.69, 9.17) is 15.2 Å². The monoisotopic (exact) mass is 254 g/mol. The third-order valence-corrected chi connectivity index (χ3v) is 2.75. The number of nitrogens with two attached hydrogens (primary N) is 1. The molecule has 0 amide bonds. The first-order chi connectivity index (χ1) is 8.61. The minimum atomic E-state index is -0.832. The summed E-state index contributed by atoms with van der Waals surface area (Å²) >= 11 is 0. The Morgan fingerprint density at radius 1 is 1.61 bits per heavy atom. The van der Waals surface area contributed by atoms with E-state index in [2.05, 4.69) is 15.3 Å². The lowest BCUT2D eigenvalue weighted by Crippen LogP contribution is -2.37. The lowest BCUT2D eigenvalue weighted by atomic mass is 10.0. The maximum atomic E-state index is 10.1. The van der Waals surface area contributed by atoms with Crippen molar-refractivity contribution in [3.05, 3.63) is 11.9 Å². The number of methoxy groups -OCH3 is 1. The molecule has 2 rings (SSSR count). The molecule has 1 fully saturated rings. The van der Waals surface area contributed by atoms with Gasteiger partial charge in [0.2, 0.25) is 0 Å². The molecular formula is C11H18N4O3. The summed E-state index contributed by atoms with van der Waals surface area (Å²) < 4.78 is 10.1. The molecule has 0 bridgehead atoms. The highest BCUT2D eigenvalue weighted by atomic mass is 16.5. The quantitative estimate of drug-likeness (QED) is 0.666. The van der Waals surface area contributed by atoms with Gasteiger partial charge in [-0.15, -0.1) is 0 Å². The van der Waals surface area contributed by atoms with E-state index in [1.165, 1.54) is 0 Å². The van der Waals surface area contributed by atoms with E-state index >= 15 is 0 Å². The van der Waals surface area contributed by atoms with Gasteiger partial charge in [-0.25, -0.2) is 9.97 Å². The summed E-state index contributed by atoms with van der Waals surface area (Å²) in [5.74, 6) is 1.46. The second-order valence-corrected chi connectivity index (χ2v) is 4.41. The van der Waals surface area contributed by atoms with Gasteiger partial charge in [0.25, 0.3) is 0 Å². The molecule has 1 aliphatic heterocycles. The highest BCUT2D eigenvalue weighted by molar-refractivity contribution is 5.44. The van der Waals surface area contributed by atoms with Crippen molar-refractivity contribution in [1.29, 1.82) is 0 Å². The largest absolute Gasteiger partial charge is 0.386 e. The van der Waals surface area contributed by atoms with E-state index in [-0.39, 0.29) is 0 Å². The number of aromatic nitrogens is 2. The third-order valence-electron chi connectivity index (χ3n) is 2.75. The van der Waals surface area contributed by atoms with Crippen LogP contribution in [0.1, 0.15) is 12.2 Å². The molecule has 7 heteroatoms. The topological polar surface area (TPSA) is 103 Å². The van der Waals surface area contributed by atoms with Crippen LogP contribution in [0.15, 0.2) is 6.07 Å². The van der Waals surface area contributed by atoms with Crippen molar-refractivity contribution in [1.82, 2.24) is 9.97 Å². The molecule has 0 radical (unpaired) electrons. The second-order valence-electron chi connectivity index (χ2n) is 4.41. The number of rotatable bonds is 5. The molecule has 1 aromatic heterocycles. The number of nitrogens with zero attached hydrogens (tertiary/aromatic N) is 2. The van der Waals surface area contributed by atoms with E-state index in [0.29, 0.717) is 50.2 Å². The molecular weight excluding hydrogens is 236 g/mol. The van der Waals surface area contributed by atoms with Gasteiger partial charge in [0.1, 0.15) is 23.8 Å². The molecule has 2 heterocycles. The Kier molecular flexibility index (Phi) is 3.95. The summed E-state index contributed by atoms with van der Waals surface area (Å²) in [6.45, 7) is 1.59. The Hall–Kier alpha value is -1.44. The number of hydrogen-bond donors (Lipinski definition) is 3. The molecule has 0 spiro atoms. The molecule has 7 nitrogen and oxygen atoms in total. The van der Waals surface area contributed by atoms with Crippen LogP contribution < -0.4 is 11.1 Å². The minimum absolute atomic E-state index is 0.299. The zero-order chi connectivity index (χ0) is 13.0. The predicted molar refractivity (Wildman–Crippen MR) is 66.0 cm³/mol. The fourth-order valence-corrected chi connectivity index (χ4v) is 1.79. The fraction of sp³-hybridized carbons (Fsp3) is 0.636. The standard InChI is InChI=1S/C11H18N4O3/c1-17-5-10-14-8(12)4-9(15-10)13-6-11(16)2-3-18-7-11/h4,16H,2-3,5-7H2,1H3,(H3,12,13,14,15). The smallest absolute Gasteiger partial charge is 0.158 e. The molecule has 1 atom stereocenters. The lowest BCUT2D eigenvalue weighted by molar-refractivity contribution is 0.0381. The van der Waals surface area contributed by atoms with Crippen LogP contribution in [0, 0.1) is 0 Å². The average molecular weight is 254 g/mol. The third kappa shape index (κ3) is 3.28. The highest BCUT2D eigenvalue weighted by Gasteiger charge is 2.32. The SMILES string of the molecule is COCc1nc(N)cc(NCC2(O)CCOC2)n1. The molecule has 18 heavy (non-hydrogen) atoms. The first kappa shape index (κ1) is 13.0. The summed E-state index contributed by atoms with van der Waals surface area (Å²) in [4.78, 5) is 8.27. The molecule has 1 aliphatic rings. The zero-order valence-corrected chi connectivity index (χ0v) is 10.3. The summed E-state index contributed by atoms with van der Waals surface area (Å²) in [6, 6.07) is 1.62. The number of ether oxygens (including phenoxy) is 2. The van der Waals surface area contributed by atoms with Gasteiger partial charge in [0.05, 0.1) is 6.61 Å². The summed E-state index contributed by atoms with van der Waals surface area (Å²) in [7, 11) is 1.57. The van der Waals surface area contributed by atoms with Crippen LogP contribution in [0.3, 0.4) is 0 Å². The van der Waals surface area contributed by atoms with Crippen LogP contribution in [0.4, 0.5) is 11.6 Å². The number of hydrogen-bond acceptors (Lipinski definition) is 7. The lowest BCUT2D eigenvalue weighted by Gasteiger charge is -2.21. The van der Waals surface area contributed by atoms with Gasteiger partial charge in [-0.05, 0) is 0 Å². The van der Waals surface area contributed by atoms with Gasteiger partial charge in [-0.3, -0.25) is 0 Å². The Bertz CT molecular complexity index is 407. The Morgan fingerprint density at radius 2 is 2.44 bits per heavy atom. The van der Waals surface area contributed by atoms with E-state index in [0.717, 1.165) is 0 Å². The normalized spacial score (nSPS) is 23.2. The van der Waals surface area contributed by atoms with Crippen molar-refractivity contribution in [3.8, 4) is 0 Å². The Labute approximate surface area is 105 Å². The average Bonchev–Trinajstić information content (AvgIpc) is 2.74. The Morgan fingerprint density at radius 3 is 3.11 bits per heavy atom. The number of aliphatic hydroxyl groups is 1. The van der Waals surface area contributed by atoms with Crippen LogP contribution in [0.25, 0.3) is 0 Å². The highest BCUT2D eigenvalue weighted by Crippen LogP contribution is 2.19. The maximum Gasteiger partial charge on any atom is 0.158 e. The molecule has 0 saturated carbocycles. The van der Waals surface area contributed by atoms with Crippen LogP contribution in [0.2, 0.25) is 0 Å². The predicted octanol–water partition coefficient (Wildman–Crippen LogP) is -0.232. The summed E-state index contributed by atoms with van der Waals surface area (Å²) in [5, 5.41) is 13.2. The summed E-state index contributed by atoms with van der Waals surface area (Å²) in [5.41, 5.74) is 4.84. The van der Waals surface area contributed by atoms with Crippen molar-refractivity contribution in [3.63, 3.8) is 0 Å². The van der Waals surface area contributed by atoms with Gasteiger partial charge < -0.3 is 25.6 Å².